The van der Waals surface area contributed by atoms with Crippen LogP contribution in [0.15, 0.2) is 29.0 Å². The fraction of sp³-hybridized carbons (Fsp3) is 0.250. The maximum Gasteiger partial charge on any atom is 0.258 e. The molecule has 106 valence electrons. The summed E-state index contributed by atoms with van der Waals surface area (Å²) in [5.41, 5.74) is 0. The highest BCUT2D eigenvalue weighted by molar-refractivity contribution is 9.10. The van der Waals surface area contributed by atoms with Gasteiger partial charge in [0.05, 0.1) is 6.04 Å². The molecule has 0 fully saturated rings. The van der Waals surface area contributed by atoms with Crippen molar-refractivity contribution in [3.8, 4) is 5.75 Å². The van der Waals surface area contributed by atoms with E-state index in [1.54, 1.807) is 13.0 Å². The molecule has 8 heteroatoms. The zero-order valence-electron chi connectivity index (χ0n) is 10.6. The van der Waals surface area contributed by atoms with Crippen LogP contribution in [0.3, 0.4) is 0 Å². The van der Waals surface area contributed by atoms with E-state index in [1.165, 1.54) is 18.5 Å². The van der Waals surface area contributed by atoms with Crippen molar-refractivity contribution in [2.75, 3.05) is 6.61 Å². The third-order valence-corrected chi connectivity index (χ3v) is 2.97. The third kappa shape index (κ3) is 3.77. The molecule has 2 aromatic rings. The highest BCUT2D eigenvalue weighted by atomic mass is 79.9. The second kappa shape index (κ2) is 6.47. The summed E-state index contributed by atoms with van der Waals surface area (Å²) >= 11 is 3.14. The van der Waals surface area contributed by atoms with Gasteiger partial charge in [0.2, 0.25) is 0 Å². The quantitative estimate of drug-likeness (QED) is 0.870. The van der Waals surface area contributed by atoms with Gasteiger partial charge in [-0.3, -0.25) is 9.89 Å². The monoisotopic (exact) mass is 342 g/mol. The first-order valence-electron chi connectivity index (χ1n) is 5.78. The van der Waals surface area contributed by atoms with Crippen LogP contribution in [0, 0.1) is 5.82 Å². The molecule has 1 unspecified atom stereocenters. The van der Waals surface area contributed by atoms with Gasteiger partial charge in [-0.2, -0.15) is 5.10 Å². The normalized spacial score (nSPS) is 11.9. The number of amides is 1. The zero-order chi connectivity index (χ0) is 14.5. The summed E-state index contributed by atoms with van der Waals surface area (Å²) in [5, 5.41) is 8.99. The van der Waals surface area contributed by atoms with Gasteiger partial charge in [0, 0.05) is 4.47 Å². The summed E-state index contributed by atoms with van der Waals surface area (Å²) < 4.78 is 19.2. The van der Waals surface area contributed by atoms with E-state index in [4.69, 9.17) is 4.74 Å². The van der Waals surface area contributed by atoms with Gasteiger partial charge < -0.3 is 10.1 Å². The molecule has 0 saturated heterocycles. The van der Waals surface area contributed by atoms with E-state index in [0.717, 1.165) is 0 Å². The lowest BCUT2D eigenvalue weighted by Crippen LogP contribution is -2.31. The van der Waals surface area contributed by atoms with Crippen LogP contribution in [0.5, 0.6) is 5.75 Å². The molecule has 1 amide bonds. The van der Waals surface area contributed by atoms with Crippen LogP contribution in [0.4, 0.5) is 4.39 Å². The summed E-state index contributed by atoms with van der Waals surface area (Å²) in [6.07, 6.45) is 1.35. The van der Waals surface area contributed by atoms with E-state index < -0.39 is 5.82 Å². The summed E-state index contributed by atoms with van der Waals surface area (Å²) in [5.74, 6) is -0.351. The molecule has 0 saturated carbocycles. The van der Waals surface area contributed by atoms with Gasteiger partial charge in [-0.05, 0) is 25.1 Å². The van der Waals surface area contributed by atoms with Crippen LogP contribution in [0.1, 0.15) is 18.8 Å². The average molecular weight is 343 g/mol. The number of aromatic amines is 1. The Morgan fingerprint density at radius 3 is 3.05 bits per heavy atom. The second-order valence-electron chi connectivity index (χ2n) is 4.02. The maximum atomic E-state index is 13.5. The second-order valence-corrected chi connectivity index (χ2v) is 4.94. The Morgan fingerprint density at radius 1 is 1.60 bits per heavy atom. The molecule has 1 heterocycles. The van der Waals surface area contributed by atoms with E-state index in [1.807, 2.05) is 0 Å². The van der Waals surface area contributed by atoms with Crippen molar-refractivity contribution < 1.29 is 13.9 Å². The third-order valence-electron chi connectivity index (χ3n) is 2.47. The van der Waals surface area contributed by atoms with Crippen LogP contribution in [0.25, 0.3) is 0 Å². The van der Waals surface area contributed by atoms with Crippen molar-refractivity contribution in [3.63, 3.8) is 0 Å². The molecular formula is C12H12BrFN4O2. The van der Waals surface area contributed by atoms with E-state index in [2.05, 4.69) is 36.4 Å². The summed E-state index contributed by atoms with van der Waals surface area (Å²) in [6.45, 7) is 1.47. The van der Waals surface area contributed by atoms with Crippen LogP contribution in [-0.4, -0.2) is 27.7 Å². The number of nitrogens with zero attached hydrogens (tertiary/aromatic N) is 2. The SMILES string of the molecule is CC(NC(=O)COc1ccc(Br)cc1F)c1ncn[nH]1. The number of benzene rings is 1. The molecule has 0 bridgehead atoms. The van der Waals surface area contributed by atoms with Gasteiger partial charge in [-0.1, -0.05) is 15.9 Å². The van der Waals surface area contributed by atoms with Crippen molar-refractivity contribution >= 4 is 21.8 Å². The molecule has 1 atom stereocenters. The summed E-state index contributed by atoms with van der Waals surface area (Å²) in [4.78, 5) is 15.6. The fourth-order valence-electron chi connectivity index (χ4n) is 1.51. The summed E-state index contributed by atoms with van der Waals surface area (Å²) in [7, 11) is 0. The standard InChI is InChI=1S/C12H12BrFN4O2/c1-7(12-15-6-16-18-12)17-11(19)5-20-10-3-2-8(13)4-9(10)14/h2-4,6-7H,5H2,1H3,(H,17,19)(H,15,16,18). The molecule has 20 heavy (non-hydrogen) atoms. The first-order valence-corrected chi connectivity index (χ1v) is 6.58. The van der Waals surface area contributed by atoms with E-state index >= 15 is 0 Å². The maximum absolute atomic E-state index is 13.5. The molecule has 0 radical (unpaired) electrons. The fourth-order valence-corrected chi connectivity index (χ4v) is 1.84. The molecule has 2 rings (SSSR count). The number of aromatic nitrogens is 3. The van der Waals surface area contributed by atoms with Gasteiger partial charge in [0.15, 0.2) is 18.2 Å². The Kier molecular flexibility index (Phi) is 4.67. The molecule has 0 spiro atoms. The van der Waals surface area contributed by atoms with Crippen LogP contribution < -0.4 is 10.1 Å². The van der Waals surface area contributed by atoms with Gasteiger partial charge in [0.25, 0.3) is 5.91 Å². The number of H-pyrrole nitrogens is 1. The highest BCUT2D eigenvalue weighted by Gasteiger charge is 2.13. The molecule has 0 aliphatic rings. The van der Waals surface area contributed by atoms with Crippen molar-refractivity contribution in [2.45, 2.75) is 13.0 Å². The lowest BCUT2D eigenvalue weighted by molar-refractivity contribution is -0.123. The Morgan fingerprint density at radius 2 is 2.40 bits per heavy atom. The highest BCUT2D eigenvalue weighted by Crippen LogP contribution is 2.21. The minimum absolute atomic E-state index is 0.0238. The van der Waals surface area contributed by atoms with E-state index in [0.29, 0.717) is 10.3 Å². The van der Waals surface area contributed by atoms with Gasteiger partial charge in [-0.15, -0.1) is 0 Å². The van der Waals surface area contributed by atoms with E-state index in [9.17, 15) is 9.18 Å². The lowest BCUT2D eigenvalue weighted by atomic mass is 10.3. The zero-order valence-corrected chi connectivity index (χ0v) is 12.1. The van der Waals surface area contributed by atoms with Crippen LogP contribution in [0.2, 0.25) is 0 Å². The topological polar surface area (TPSA) is 79.9 Å². The molecule has 0 aliphatic heterocycles. The first kappa shape index (κ1) is 14.4. The molecule has 0 aliphatic carbocycles. The molecular weight excluding hydrogens is 331 g/mol. The first-order chi connectivity index (χ1) is 9.56. The van der Waals surface area contributed by atoms with Crippen LogP contribution >= 0.6 is 15.9 Å². The summed E-state index contributed by atoms with van der Waals surface area (Å²) in [6, 6.07) is 4.02. The number of hydrogen-bond acceptors (Lipinski definition) is 4. The Hall–Kier alpha value is -1.96. The van der Waals surface area contributed by atoms with Crippen LogP contribution in [-0.2, 0) is 4.79 Å². The number of carbonyl (C=O) groups is 1. The molecule has 6 nitrogen and oxygen atoms in total. The minimum Gasteiger partial charge on any atom is -0.481 e. The minimum atomic E-state index is -0.532. The lowest BCUT2D eigenvalue weighted by Gasteiger charge is -2.12. The predicted molar refractivity (Wildman–Crippen MR) is 72.5 cm³/mol. The van der Waals surface area contributed by atoms with Crippen molar-refractivity contribution in [3.05, 3.63) is 40.6 Å². The number of rotatable bonds is 5. The number of halogens is 2. The predicted octanol–water partition coefficient (Wildman–Crippen LogP) is 1.96. The molecule has 1 aromatic heterocycles. The van der Waals surface area contributed by atoms with Crippen molar-refractivity contribution in [1.82, 2.24) is 20.5 Å². The molecule has 2 N–H and O–H groups in total. The smallest absolute Gasteiger partial charge is 0.258 e. The Bertz CT molecular complexity index is 591. The van der Waals surface area contributed by atoms with Gasteiger partial charge in [0.1, 0.15) is 12.2 Å². The van der Waals surface area contributed by atoms with Gasteiger partial charge in [-0.25, -0.2) is 9.37 Å². The largest absolute Gasteiger partial charge is 0.481 e. The van der Waals surface area contributed by atoms with Gasteiger partial charge >= 0.3 is 0 Å². The molecule has 1 aromatic carbocycles. The Labute approximate surface area is 122 Å². The van der Waals surface area contributed by atoms with Crippen molar-refractivity contribution in [2.24, 2.45) is 0 Å². The van der Waals surface area contributed by atoms with E-state index in [-0.39, 0.29) is 24.3 Å². The Balaban J connectivity index is 1.86. The number of hydrogen-bond donors (Lipinski definition) is 2. The number of ether oxygens (including phenoxy) is 1. The van der Waals surface area contributed by atoms with Crippen molar-refractivity contribution in [1.29, 1.82) is 0 Å². The number of carbonyl (C=O) groups excluding carboxylic acids is 1. The number of nitrogens with one attached hydrogen (secondary N) is 2. The average Bonchev–Trinajstić information content (AvgIpc) is 2.91.